The molecule has 0 atom stereocenters. The van der Waals surface area contributed by atoms with Crippen molar-refractivity contribution in [2.24, 2.45) is 5.73 Å². The minimum absolute atomic E-state index is 0.534. The zero-order valence-electron chi connectivity index (χ0n) is 10.7. The zero-order chi connectivity index (χ0) is 13.2. The van der Waals surface area contributed by atoms with E-state index < -0.39 is 0 Å². The Morgan fingerprint density at radius 3 is 2.67 bits per heavy atom. The van der Waals surface area contributed by atoms with Gasteiger partial charge < -0.3 is 19.9 Å². The summed E-state index contributed by atoms with van der Waals surface area (Å²) in [6, 6.07) is 5.87. The molecule has 0 unspecified atom stereocenters. The average Bonchev–Trinajstić information content (AvgIpc) is 2.39. The summed E-state index contributed by atoms with van der Waals surface area (Å²) in [4.78, 5) is 0. The third-order valence-corrected chi connectivity index (χ3v) is 2.97. The van der Waals surface area contributed by atoms with Crippen LogP contribution in [0.5, 0.6) is 5.75 Å². The first kappa shape index (κ1) is 15.4. The second-order valence-corrected chi connectivity index (χ2v) is 4.63. The minimum Gasteiger partial charge on any atom is -0.492 e. The molecule has 4 nitrogen and oxygen atoms in total. The third-order valence-electron chi connectivity index (χ3n) is 2.35. The Balaban J connectivity index is 2.19. The molecule has 18 heavy (non-hydrogen) atoms. The monoisotopic (exact) mass is 317 g/mol. The van der Waals surface area contributed by atoms with Crippen LogP contribution in [0.3, 0.4) is 0 Å². The molecule has 0 amide bonds. The summed E-state index contributed by atoms with van der Waals surface area (Å²) in [6.45, 7) is 3.11. The van der Waals surface area contributed by atoms with Crippen molar-refractivity contribution in [3.8, 4) is 5.75 Å². The second-order valence-electron chi connectivity index (χ2n) is 3.78. The topological polar surface area (TPSA) is 53.7 Å². The van der Waals surface area contributed by atoms with E-state index in [4.69, 9.17) is 19.9 Å². The van der Waals surface area contributed by atoms with Gasteiger partial charge in [0.25, 0.3) is 0 Å². The van der Waals surface area contributed by atoms with Crippen molar-refractivity contribution >= 4 is 15.9 Å². The summed E-state index contributed by atoms with van der Waals surface area (Å²) in [5.41, 5.74) is 6.64. The van der Waals surface area contributed by atoms with Crippen molar-refractivity contribution in [3.05, 3.63) is 28.2 Å². The van der Waals surface area contributed by atoms with Gasteiger partial charge in [-0.05, 0) is 33.6 Å². The first-order valence-corrected chi connectivity index (χ1v) is 6.75. The number of ether oxygens (including phenoxy) is 3. The van der Waals surface area contributed by atoms with E-state index in [2.05, 4.69) is 15.9 Å². The van der Waals surface area contributed by atoms with Crippen LogP contribution in [0.1, 0.15) is 12.0 Å². The number of hydrogen-bond donors (Lipinski definition) is 1. The van der Waals surface area contributed by atoms with Gasteiger partial charge in [0.15, 0.2) is 0 Å². The van der Waals surface area contributed by atoms with E-state index in [1.165, 1.54) is 0 Å². The van der Waals surface area contributed by atoms with Gasteiger partial charge >= 0.3 is 0 Å². The lowest BCUT2D eigenvalue weighted by molar-refractivity contribution is 0.0644. The maximum absolute atomic E-state index is 5.64. The maximum atomic E-state index is 5.64. The van der Waals surface area contributed by atoms with Gasteiger partial charge in [-0.1, -0.05) is 6.07 Å². The van der Waals surface area contributed by atoms with Crippen LogP contribution in [0.2, 0.25) is 0 Å². The molecular formula is C13H20BrNO3. The van der Waals surface area contributed by atoms with E-state index in [-0.39, 0.29) is 0 Å². The average molecular weight is 318 g/mol. The quantitative estimate of drug-likeness (QED) is 0.710. The number of hydrogen-bond acceptors (Lipinski definition) is 4. The number of benzene rings is 1. The number of nitrogens with two attached hydrogens (primary N) is 1. The standard InChI is InChI=1S/C13H20BrNO3/c1-16-7-8-17-5-2-6-18-13-4-3-11(10-15)9-12(13)14/h3-4,9H,2,5-8,10,15H2,1H3. The molecule has 0 aliphatic carbocycles. The summed E-state index contributed by atoms with van der Waals surface area (Å²) in [7, 11) is 1.66. The smallest absolute Gasteiger partial charge is 0.133 e. The molecule has 0 aliphatic rings. The van der Waals surface area contributed by atoms with Crippen LogP contribution in [0.15, 0.2) is 22.7 Å². The van der Waals surface area contributed by atoms with Crippen LogP contribution in [-0.2, 0) is 16.0 Å². The largest absolute Gasteiger partial charge is 0.492 e. The van der Waals surface area contributed by atoms with Crippen LogP contribution < -0.4 is 10.5 Å². The van der Waals surface area contributed by atoms with Gasteiger partial charge in [-0.3, -0.25) is 0 Å². The summed E-state index contributed by atoms with van der Waals surface area (Å²) < 4.78 is 16.8. The van der Waals surface area contributed by atoms with Crippen molar-refractivity contribution < 1.29 is 14.2 Å². The molecule has 2 N–H and O–H groups in total. The molecule has 0 heterocycles. The van der Waals surface area contributed by atoms with Crippen molar-refractivity contribution in [2.75, 3.05) is 33.5 Å². The molecule has 1 aromatic carbocycles. The SMILES string of the molecule is COCCOCCCOc1ccc(CN)cc1Br. The Labute approximate surface area is 117 Å². The van der Waals surface area contributed by atoms with Gasteiger partial charge in [0, 0.05) is 26.7 Å². The van der Waals surface area contributed by atoms with E-state index in [9.17, 15) is 0 Å². The molecule has 1 aromatic rings. The van der Waals surface area contributed by atoms with Crippen LogP contribution >= 0.6 is 15.9 Å². The fourth-order valence-corrected chi connectivity index (χ4v) is 1.92. The molecule has 102 valence electrons. The number of halogens is 1. The highest BCUT2D eigenvalue weighted by Gasteiger charge is 2.01. The van der Waals surface area contributed by atoms with E-state index >= 15 is 0 Å². The van der Waals surface area contributed by atoms with Gasteiger partial charge in [-0.25, -0.2) is 0 Å². The second kappa shape index (κ2) is 9.33. The normalized spacial score (nSPS) is 10.6. The molecule has 0 fully saturated rings. The van der Waals surface area contributed by atoms with Crippen molar-refractivity contribution in [1.29, 1.82) is 0 Å². The highest BCUT2D eigenvalue weighted by atomic mass is 79.9. The lowest BCUT2D eigenvalue weighted by Gasteiger charge is -2.09. The fraction of sp³-hybridized carbons (Fsp3) is 0.538. The lowest BCUT2D eigenvalue weighted by atomic mass is 10.2. The van der Waals surface area contributed by atoms with Gasteiger partial charge in [0.2, 0.25) is 0 Å². The molecule has 0 saturated carbocycles. The predicted octanol–water partition coefficient (Wildman–Crippen LogP) is 2.34. The predicted molar refractivity (Wildman–Crippen MR) is 74.8 cm³/mol. The van der Waals surface area contributed by atoms with Crippen molar-refractivity contribution in [3.63, 3.8) is 0 Å². The van der Waals surface area contributed by atoms with Gasteiger partial charge in [-0.2, -0.15) is 0 Å². The fourth-order valence-electron chi connectivity index (χ4n) is 1.38. The van der Waals surface area contributed by atoms with E-state index in [0.717, 1.165) is 22.2 Å². The minimum atomic E-state index is 0.534. The van der Waals surface area contributed by atoms with E-state index in [0.29, 0.717) is 33.0 Å². The lowest BCUT2D eigenvalue weighted by Crippen LogP contribution is -2.07. The molecule has 5 heteroatoms. The Bertz CT molecular complexity index is 347. The summed E-state index contributed by atoms with van der Waals surface area (Å²) in [5, 5.41) is 0. The van der Waals surface area contributed by atoms with Crippen molar-refractivity contribution in [1.82, 2.24) is 0 Å². The first-order chi connectivity index (χ1) is 8.77. The Hall–Kier alpha value is -0.620. The summed E-state index contributed by atoms with van der Waals surface area (Å²) in [6.07, 6.45) is 0.856. The Kier molecular flexibility index (Phi) is 8.00. The molecule has 0 aliphatic heterocycles. The molecule has 1 rings (SSSR count). The number of methoxy groups -OCH3 is 1. The Morgan fingerprint density at radius 1 is 1.17 bits per heavy atom. The molecular weight excluding hydrogens is 298 g/mol. The van der Waals surface area contributed by atoms with E-state index in [1.54, 1.807) is 7.11 Å². The van der Waals surface area contributed by atoms with Crippen LogP contribution in [-0.4, -0.2) is 33.5 Å². The highest BCUT2D eigenvalue weighted by molar-refractivity contribution is 9.10. The molecule has 0 radical (unpaired) electrons. The van der Waals surface area contributed by atoms with Crippen LogP contribution in [0.4, 0.5) is 0 Å². The highest BCUT2D eigenvalue weighted by Crippen LogP contribution is 2.25. The van der Waals surface area contributed by atoms with Gasteiger partial charge in [0.05, 0.1) is 24.3 Å². The summed E-state index contributed by atoms with van der Waals surface area (Å²) in [5.74, 6) is 0.837. The molecule has 0 aromatic heterocycles. The van der Waals surface area contributed by atoms with Gasteiger partial charge in [0.1, 0.15) is 5.75 Å². The third kappa shape index (κ3) is 5.82. The first-order valence-electron chi connectivity index (χ1n) is 5.96. The molecule has 0 saturated heterocycles. The molecule has 0 bridgehead atoms. The van der Waals surface area contributed by atoms with Gasteiger partial charge in [-0.15, -0.1) is 0 Å². The number of rotatable bonds is 9. The van der Waals surface area contributed by atoms with Crippen LogP contribution in [0, 0.1) is 0 Å². The molecule has 0 spiro atoms. The van der Waals surface area contributed by atoms with Crippen molar-refractivity contribution in [2.45, 2.75) is 13.0 Å². The van der Waals surface area contributed by atoms with E-state index in [1.807, 2.05) is 18.2 Å². The van der Waals surface area contributed by atoms with Crippen LogP contribution in [0.25, 0.3) is 0 Å². The maximum Gasteiger partial charge on any atom is 0.133 e. The zero-order valence-corrected chi connectivity index (χ0v) is 12.2. The summed E-state index contributed by atoms with van der Waals surface area (Å²) >= 11 is 3.46. The Morgan fingerprint density at radius 2 is 2.00 bits per heavy atom.